The van der Waals surface area contributed by atoms with Crippen LogP contribution in [0.5, 0.6) is 0 Å². The molecule has 0 unspecified atom stereocenters. The normalized spacial score (nSPS) is 19.2. The molecule has 0 spiro atoms. The Morgan fingerprint density at radius 2 is 2.00 bits per heavy atom. The minimum absolute atomic E-state index is 0.196. The molecule has 2 amide bonds. The van der Waals surface area contributed by atoms with Crippen LogP contribution in [-0.4, -0.2) is 39.1 Å². The number of fused-ring (bicyclic) bond motifs is 1. The first kappa shape index (κ1) is 11.6. The molecular formula is C13H20N4O. The van der Waals surface area contributed by atoms with Gasteiger partial charge in [0.25, 0.3) is 0 Å². The number of amides is 2. The Hall–Kier alpha value is -1.52. The molecule has 2 aliphatic heterocycles. The maximum atomic E-state index is 12.4. The van der Waals surface area contributed by atoms with Crippen LogP contribution in [0.1, 0.15) is 43.1 Å². The standard InChI is InChI=1S/C13H20N4O/c1-2-11-10-8-17(9-12(10)15-14-11)13(18)16-6-4-3-5-7-16/h2-9H2,1H3,(H,14,15). The number of nitrogens with one attached hydrogen (secondary N) is 1. The summed E-state index contributed by atoms with van der Waals surface area (Å²) in [6, 6.07) is 0.196. The third-order valence-corrected chi connectivity index (χ3v) is 3.97. The Labute approximate surface area is 107 Å². The van der Waals surface area contributed by atoms with Crippen molar-refractivity contribution in [1.82, 2.24) is 20.0 Å². The van der Waals surface area contributed by atoms with E-state index in [0.717, 1.165) is 50.3 Å². The fourth-order valence-electron chi connectivity index (χ4n) is 2.91. The fraction of sp³-hybridized carbons (Fsp3) is 0.692. The van der Waals surface area contributed by atoms with Crippen LogP contribution in [0.2, 0.25) is 0 Å². The first-order valence-electron chi connectivity index (χ1n) is 6.88. The lowest BCUT2D eigenvalue weighted by molar-refractivity contribution is 0.143. The van der Waals surface area contributed by atoms with Crippen LogP contribution in [0.15, 0.2) is 0 Å². The third kappa shape index (κ3) is 1.87. The average molecular weight is 248 g/mol. The number of urea groups is 1. The summed E-state index contributed by atoms with van der Waals surface area (Å²) in [5.74, 6) is 0. The number of aromatic nitrogens is 2. The number of hydrogen-bond acceptors (Lipinski definition) is 2. The summed E-state index contributed by atoms with van der Waals surface area (Å²) >= 11 is 0. The van der Waals surface area contributed by atoms with E-state index in [9.17, 15) is 4.79 Å². The Morgan fingerprint density at radius 3 is 2.72 bits per heavy atom. The van der Waals surface area contributed by atoms with E-state index in [4.69, 9.17) is 0 Å². The van der Waals surface area contributed by atoms with Crippen molar-refractivity contribution in [2.45, 2.75) is 45.7 Å². The Balaban J connectivity index is 1.69. The summed E-state index contributed by atoms with van der Waals surface area (Å²) in [7, 11) is 0. The van der Waals surface area contributed by atoms with E-state index in [1.54, 1.807) is 0 Å². The molecule has 0 saturated carbocycles. The Morgan fingerprint density at radius 1 is 1.22 bits per heavy atom. The van der Waals surface area contributed by atoms with E-state index >= 15 is 0 Å². The molecule has 3 heterocycles. The molecular weight excluding hydrogens is 228 g/mol. The van der Waals surface area contributed by atoms with Gasteiger partial charge in [0, 0.05) is 18.7 Å². The summed E-state index contributed by atoms with van der Waals surface area (Å²) in [4.78, 5) is 16.3. The highest BCUT2D eigenvalue weighted by atomic mass is 16.2. The molecule has 98 valence electrons. The zero-order valence-corrected chi connectivity index (χ0v) is 10.9. The molecule has 0 aromatic carbocycles. The first-order chi connectivity index (χ1) is 8.79. The number of aromatic amines is 1. The lowest BCUT2D eigenvalue weighted by Crippen LogP contribution is -2.43. The molecule has 0 radical (unpaired) electrons. The molecule has 1 saturated heterocycles. The second-order valence-corrected chi connectivity index (χ2v) is 5.17. The van der Waals surface area contributed by atoms with Crippen molar-refractivity contribution in [2.75, 3.05) is 13.1 Å². The van der Waals surface area contributed by atoms with Crippen molar-refractivity contribution in [3.8, 4) is 0 Å². The zero-order chi connectivity index (χ0) is 12.5. The van der Waals surface area contributed by atoms with E-state index in [2.05, 4.69) is 17.1 Å². The van der Waals surface area contributed by atoms with E-state index in [1.165, 1.54) is 12.0 Å². The SMILES string of the molecule is CCc1n[nH]c2c1CN(C(=O)N1CCCCC1)C2. The number of hydrogen-bond donors (Lipinski definition) is 1. The van der Waals surface area contributed by atoms with Gasteiger partial charge in [-0.25, -0.2) is 4.79 Å². The Kier molecular flexibility index (Phi) is 2.97. The number of likely N-dealkylation sites (tertiary alicyclic amines) is 1. The molecule has 1 N–H and O–H groups in total. The van der Waals surface area contributed by atoms with Gasteiger partial charge in [-0.15, -0.1) is 0 Å². The number of carbonyl (C=O) groups is 1. The number of H-pyrrole nitrogens is 1. The molecule has 2 aliphatic rings. The van der Waals surface area contributed by atoms with Gasteiger partial charge in [-0.2, -0.15) is 5.10 Å². The van der Waals surface area contributed by atoms with Crippen LogP contribution in [-0.2, 0) is 19.5 Å². The van der Waals surface area contributed by atoms with Crippen molar-refractivity contribution in [1.29, 1.82) is 0 Å². The van der Waals surface area contributed by atoms with E-state index in [-0.39, 0.29) is 6.03 Å². The summed E-state index contributed by atoms with van der Waals surface area (Å²) in [6.45, 7) is 5.36. The third-order valence-electron chi connectivity index (χ3n) is 3.97. The maximum absolute atomic E-state index is 12.4. The van der Waals surface area contributed by atoms with Crippen molar-refractivity contribution < 1.29 is 4.79 Å². The van der Waals surface area contributed by atoms with Gasteiger partial charge in [0.1, 0.15) is 0 Å². The fourth-order valence-corrected chi connectivity index (χ4v) is 2.91. The number of piperidine rings is 1. The number of carbonyl (C=O) groups excluding carboxylic acids is 1. The minimum atomic E-state index is 0.196. The highest BCUT2D eigenvalue weighted by molar-refractivity contribution is 5.75. The van der Waals surface area contributed by atoms with Crippen LogP contribution in [0.25, 0.3) is 0 Å². The monoisotopic (exact) mass is 248 g/mol. The van der Waals surface area contributed by atoms with E-state index < -0.39 is 0 Å². The quantitative estimate of drug-likeness (QED) is 0.825. The van der Waals surface area contributed by atoms with Crippen LogP contribution >= 0.6 is 0 Å². The van der Waals surface area contributed by atoms with Crippen molar-refractivity contribution in [2.24, 2.45) is 0 Å². The molecule has 1 aromatic heterocycles. The summed E-state index contributed by atoms with van der Waals surface area (Å²) in [5.41, 5.74) is 3.47. The number of nitrogens with zero attached hydrogens (tertiary/aromatic N) is 3. The van der Waals surface area contributed by atoms with Crippen molar-refractivity contribution in [3.63, 3.8) is 0 Å². The number of aryl methyl sites for hydroxylation is 1. The van der Waals surface area contributed by atoms with Crippen molar-refractivity contribution >= 4 is 6.03 Å². The molecule has 0 atom stereocenters. The van der Waals surface area contributed by atoms with Gasteiger partial charge in [0.05, 0.1) is 24.5 Å². The van der Waals surface area contributed by atoms with Gasteiger partial charge in [0.15, 0.2) is 0 Å². The second-order valence-electron chi connectivity index (χ2n) is 5.17. The van der Waals surface area contributed by atoms with Gasteiger partial charge >= 0.3 is 6.03 Å². The molecule has 1 aromatic rings. The lowest BCUT2D eigenvalue weighted by Gasteiger charge is -2.30. The summed E-state index contributed by atoms with van der Waals surface area (Å²) < 4.78 is 0. The molecule has 5 nitrogen and oxygen atoms in total. The van der Waals surface area contributed by atoms with Gasteiger partial charge in [-0.3, -0.25) is 5.10 Å². The first-order valence-corrected chi connectivity index (χ1v) is 6.88. The minimum Gasteiger partial charge on any atom is -0.325 e. The van der Waals surface area contributed by atoms with Crippen LogP contribution in [0.4, 0.5) is 4.79 Å². The smallest absolute Gasteiger partial charge is 0.320 e. The molecule has 1 fully saturated rings. The van der Waals surface area contributed by atoms with Gasteiger partial charge in [-0.1, -0.05) is 6.92 Å². The van der Waals surface area contributed by atoms with Crippen LogP contribution in [0, 0.1) is 0 Å². The van der Waals surface area contributed by atoms with Crippen molar-refractivity contribution in [3.05, 3.63) is 17.0 Å². The van der Waals surface area contributed by atoms with Gasteiger partial charge < -0.3 is 9.80 Å². The lowest BCUT2D eigenvalue weighted by atomic mass is 10.1. The average Bonchev–Trinajstić information content (AvgIpc) is 2.98. The molecule has 0 bridgehead atoms. The molecule has 3 rings (SSSR count). The largest absolute Gasteiger partial charge is 0.325 e. The van der Waals surface area contributed by atoms with Gasteiger partial charge in [-0.05, 0) is 25.7 Å². The van der Waals surface area contributed by atoms with Crippen LogP contribution < -0.4 is 0 Å². The topological polar surface area (TPSA) is 52.2 Å². The predicted octanol–water partition coefficient (Wildman–Crippen LogP) is 1.89. The van der Waals surface area contributed by atoms with Gasteiger partial charge in [0.2, 0.25) is 0 Å². The van der Waals surface area contributed by atoms with Crippen LogP contribution in [0.3, 0.4) is 0 Å². The zero-order valence-electron chi connectivity index (χ0n) is 10.9. The predicted molar refractivity (Wildman–Crippen MR) is 68.0 cm³/mol. The number of rotatable bonds is 1. The highest BCUT2D eigenvalue weighted by Gasteiger charge is 2.30. The summed E-state index contributed by atoms with van der Waals surface area (Å²) in [5, 5.41) is 7.35. The van der Waals surface area contributed by atoms with E-state index in [0.29, 0.717) is 6.54 Å². The maximum Gasteiger partial charge on any atom is 0.320 e. The molecule has 0 aliphatic carbocycles. The second kappa shape index (κ2) is 4.63. The van der Waals surface area contributed by atoms with E-state index in [1.807, 2.05) is 9.80 Å². The molecule has 18 heavy (non-hydrogen) atoms. The summed E-state index contributed by atoms with van der Waals surface area (Å²) in [6.07, 6.45) is 4.48. The molecule has 5 heteroatoms. The Bertz CT molecular complexity index is 448. The highest BCUT2D eigenvalue weighted by Crippen LogP contribution is 2.25.